The number of rotatable bonds is 3. The first kappa shape index (κ1) is 17.3. The van der Waals surface area contributed by atoms with Crippen molar-refractivity contribution in [3.05, 3.63) is 29.8 Å². The van der Waals surface area contributed by atoms with Gasteiger partial charge in [-0.05, 0) is 37.4 Å². The average molecular weight is 327 g/mol. The van der Waals surface area contributed by atoms with Crippen LogP contribution in [-0.2, 0) is 10.0 Å². The van der Waals surface area contributed by atoms with Gasteiger partial charge in [0, 0.05) is 19.2 Å². The lowest BCUT2D eigenvalue weighted by atomic mass is 9.99. The molecule has 8 heteroatoms. The van der Waals surface area contributed by atoms with Gasteiger partial charge in [0.05, 0.1) is 4.90 Å². The monoisotopic (exact) mass is 326 g/mol. The Morgan fingerprint density at radius 1 is 1.15 bits per heavy atom. The number of nitrogens with zero attached hydrogens (tertiary/aromatic N) is 1. The van der Waals surface area contributed by atoms with Gasteiger partial charge in [0.25, 0.3) is 0 Å². The van der Waals surface area contributed by atoms with Crippen molar-refractivity contribution in [2.75, 3.05) is 19.6 Å². The molecule has 114 valence electrons. The van der Waals surface area contributed by atoms with Crippen molar-refractivity contribution in [3.8, 4) is 0 Å². The van der Waals surface area contributed by atoms with E-state index in [1.54, 1.807) is 0 Å². The number of benzene rings is 1. The lowest BCUT2D eigenvalue weighted by Gasteiger charge is -2.30. The summed E-state index contributed by atoms with van der Waals surface area (Å²) < 4.78 is 52.0. The van der Waals surface area contributed by atoms with Crippen LogP contribution in [0.3, 0.4) is 0 Å². The molecule has 4 nitrogen and oxygen atoms in total. The SMILES string of the molecule is Cl.NCC1CCN(S(=O)(=O)c2cc(F)cc(F)c2)CC1. The van der Waals surface area contributed by atoms with Gasteiger partial charge in [-0.1, -0.05) is 0 Å². The van der Waals surface area contributed by atoms with Gasteiger partial charge in [0.1, 0.15) is 11.6 Å². The maximum atomic E-state index is 13.1. The molecule has 1 saturated heterocycles. The van der Waals surface area contributed by atoms with Crippen LogP contribution in [0.5, 0.6) is 0 Å². The third-order valence-electron chi connectivity index (χ3n) is 3.38. The smallest absolute Gasteiger partial charge is 0.243 e. The number of sulfonamides is 1. The minimum absolute atomic E-state index is 0. The van der Waals surface area contributed by atoms with E-state index in [0.29, 0.717) is 44.5 Å². The standard InChI is InChI=1S/C12H16F2N2O2S.ClH/c13-10-5-11(14)7-12(6-10)19(17,18)16-3-1-9(8-15)2-4-16;/h5-7,9H,1-4,8,15H2;1H. The Bertz CT molecular complexity index is 540. The van der Waals surface area contributed by atoms with E-state index in [4.69, 9.17) is 5.73 Å². The molecule has 0 spiro atoms. The van der Waals surface area contributed by atoms with Crippen LogP contribution in [0, 0.1) is 17.6 Å². The fraction of sp³-hybridized carbons (Fsp3) is 0.500. The van der Waals surface area contributed by atoms with Crippen molar-refractivity contribution in [1.82, 2.24) is 4.31 Å². The zero-order valence-corrected chi connectivity index (χ0v) is 12.4. The molecule has 0 aliphatic carbocycles. The predicted molar refractivity (Wildman–Crippen MR) is 74.1 cm³/mol. The molecule has 2 N–H and O–H groups in total. The Morgan fingerprint density at radius 3 is 2.10 bits per heavy atom. The second-order valence-corrected chi connectivity index (χ2v) is 6.63. The molecule has 0 atom stereocenters. The molecule has 2 rings (SSSR count). The molecule has 1 aromatic rings. The van der Waals surface area contributed by atoms with Gasteiger partial charge in [-0.2, -0.15) is 4.31 Å². The largest absolute Gasteiger partial charge is 0.330 e. The summed E-state index contributed by atoms with van der Waals surface area (Å²) in [5.74, 6) is -1.47. The summed E-state index contributed by atoms with van der Waals surface area (Å²) in [6, 6.07) is 2.33. The van der Waals surface area contributed by atoms with Crippen molar-refractivity contribution in [1.29, 1.82) is 0 Å². The summed E-state index contributed by atoms with van der Waals surface area (Å²) in [5.41, 5.74) is 5.54. The van der Waals surface area contributed by atoms with E-state index >= 15 is 0 Å². The van der Waals surface area contributed by atoms with Crippen LogP contribution >= 0.6 is 12.4 Å². The maximum Gasteiger partial charge on any atom is 0.243 e. The second kappa shape index (κ2) is 6.80. The highest BCUT2D eigenvalue weighted by Gasteiger charge is 2.29. The summed E-state index contributed by atoms with van der Waals surface area (Å²) in [5, 5.41) is 0. The third-order valence-corrected chi connectivity index (χ3v) is 5.26. The molecule has 0 unspecified atom stereocenters. The van der Waals surface area contributed by atoms with E-state index in [9.17, 15) is 17.2 Å². The molecule has 1 aliphatic rings. The van der Waals surface area contributed by atoms with Gasteiger partial charge in [-0.3, -0.25) is 0 Å². The van der Waals surface area contributed by atoms with Crippen molar-refractivity contribution in [3.63, 3.8) is 0 Å². The lowest BCUT2D eigenvalue weighted by molar-refractivity contribution is 0.278. The molecular formula is C12H17ClF2N2O2S. The highest BCUT2D eigenvalue weighted by molar-refractivity contribution is 7.89. The lowest BCUT2D eigenvalue weighted by Crippen LogP contribution is -2.40. The van der Waals surface area contributed by atoms with Crippen LogP contribution < -0.4 is 5.73 Å². The molecule has 0 radical (unpaired) electrons. The number of halogens is 3. The molecule has 1 aromatic carbocycles. The summed E-state index contributed by atoms with van der Waals surface area (Å²) in [6.07, 6.45) is 1.35. The molecule has 1 fully saturated rings. The fourth-order valence-electron chi connectivity index (χ4n) is 2.21. The van der Waals surface area contributed by atoms with Crippen molar-refractivity contribution >= 4 is 22.4 Å². The Morgan fingerprint density at radius 2 is 1.65 bits per heavy atom. The second-order valence-electron chi connectivity index (χ2n) is 4.69. The zero-order chi connectivity index (χ0) is 14.0. The highest BCUT2D eigenvalue weighted by Crippen LogP contribution is 2.24. The third kappa shape index (κ3) is 3.66. The molecule has 1 heterocycles. The first-order valence-corrected chi connectivity index (χ1v) is 7.54. The minimum atomic E-state index is -3.83. The van der Waals surface area contributed by atoms with E-state index in [-0.39, 0.29) is 17.3 Å². The maximum absolute atomic E-state index is 13.1. The zero-order valence-electron chi connectivity index (χ0n) is 10.8. The number of piperidine rings is 1. The van der Waals surface area contributed by atoms with Crippen LogP contribution in [0.4, 0.5) is 8.78 Å². The highest BCUT2D eigenvalue weighted by atomic mass is 35.5. The van der Waals surface area contributed by atoms with Gasteiger partial charge >= 0.3 is 0 Å². The van der Waals surface area contributed by atoms with Crippen LogP contribution in [0.25, 0.3) is 0 Å². The predicted octanol–water partition coefficient (Wildman–Crippen LogP) is 1.75. The molecular weight excluding hydrogens is 310 g/mol. The summed E-state index contributed by atoms with van der Waals surface area (Å²) in [4.78, 5) is -0.337. The van der Waals surface area contributed by atoms with Crippen molar-refractivity contribution in [2.45, 2.75) is 17.7 Å². The Balaban J connectivity index is 0.00000200. The van der Waals surface area contributed by atoms with Crippen LogP contribution in [0.15, 0.2) is 23.1 Å². The summed E-state index contributed by atoms with van der Waals surface area (Å²) in [7, 11) is -3.83. The molecule has 0 bridgehead atoms. The van der Waals surface area contributed by atoms with Gasteiger partial charge < -0.3 is 5.73 Å². The molecule has 0 amide bonds. The average Bonchev–Trinajstić information content (AvgIpc) is 2.37. The van der Waals surface area contributed by atoms with Crippen LogP contribution in [0.1, 0.15) is 12.8 Å². The van der Waals surface area contributed by atoms with Crippen molar-refractivity contribution in [2.24, 2.45) is 11.7 Å². The number of nitrogens with two attached hydrogens (primary N) is 1. The minimum Gasteiger partial charge on any atom is -0.330 e. The normalized spacial score (nSPS) is 17.8. The Kier molecular flexibility index (Phi) is 5.88. The first-order valence-electron chi connectivity index (χ1n) is 6.10. The number of hydrogen-bond donors (Lipinski definition) is 1. The Hall–Kier alpha value is -0.760. The van der Waals surface area contributed by atoms with E-state index in [1.165, 1.54) is 4.31 Å². The fourth-order valence-corrected chi connectivity index (χ4v) is 3.72. The van der Waals surface area contributed by atoms with Crippen molar-refractivity contribution < 1.29 is 17.2 Å². The van der Waals surface area contributed by atoms with Gasteiger partial charge in [0.15, 0.2) is 0 Å². The van der Waals surface area contributed by atoms with Gasteiger partial charge in [-0.25, -0.2) is 17.2 Å². The van der Waals surface area contributed by atoms with Gasteiger partial charge in [-0.15, -0.1) is 12.4 Å². The van der Waals surface area contributed by atoms with Gasteiger partial charge in [0.2, 0.25) is 10.0 Å². The Labute approximate surface area is 123 Å². The molecule has 1 aliphatic heterocycles. The summed E-state index contributed by atoms with van der Waals surface area (Å²) in [6.45, 7) is 1.20. The topological polar surface area (TPSA) is 63.4 Å². The quantitative estimate of drug-likeness (QED) is 0.920. The van der Waals surface area contributed by atoms with E-state index in [1.807, 2.05) is 0 Å². The van der Waals surface area contributed by atoms with E-state index < -0.39 is 21.7 Å². The van der Waals surface area contributed by atoms with E-state index in [0.717, 1.165) is 12.1 Å². The van der Waals surface area contributed by atoms with E-state index in [2.05, 4.69) is 0 Å². The van der Waals surface area contributed by atoms with Crippen LogP contribution in [-0.4, -0.2) is 32.4 Å². The molecule has 0 aromatic heterocycles. The summed E-state index contributed by atoms with van der Waals surface area (Å²) >= 11 is 0. The first-order chi connectivity index (χ1) is 8.93. The van der Waals surface area contributed by atoms with Crippen LogP contribution in [0.2, 0.25) is 0 Å². The number of hydrogen-bond acceptors (Lipinski definition) is 3. The molecule has 20 heavy (non-hydrogen) atoms. The molecule has 0 saturated carbocycles.